The first kappa shape index (κ1) is 24.4. The average molecular weight is 479 g/mol. The Hall–Kier alpha value is -3.72. The number of fused-ring (bicyclic) bond motifs is 1. The van der Waals surface area contributed by atoms with Crippen LogP contribution in [-0.4, -0.2) is 43.4 Å². The molecule has 35 heavy (non-hydrogen) atoms. The molecule has 0 aromatic heterocycles. The lowest BCUT2D eigenvalue weighted by Crippen LogP contribution is -2.42. The van der Waals surface area contributed by atoms with Crippen LogP contribution in [0.15, 0.2) is 59.8 Å². The van der Waals surface area contributed by atoms with Gasteiger partial charge in [-0.2, -0.15) is 0 Å². The van der Waals surface area contributed by atoms with Gasteiger partial charge in [-0.1, -0.05) is 26.0 Å². The van der Waals surface area contributed by atoms with E-state index in [-0.39, 0.29) is 29.3 Å². The van der Waals surface area contributed by atoms with Crippen LogP contribution in [0.4, 0.5) is 17.1 Å². The van der Waals surface area contributed by atoms with Gasteiger partial charge in [-0.15, -0.1) is 0 Å². The van der Waals surface area contributed by atoms with Gasteiger partial charge in [0.1, 0.15) is 0 Å². The Morgan fingerprint density at radius 3 is 2.60 bits per heavy atom. The quantitative estimate of drug-likeness (QED) is 0.352. The number of benzene rings is 2. The van der Waals surface area contributed by atoms with Crippen LogP contribution in [0, 0.1) is 15.5 Å². The van der Waals surface area contributed by atoms with Gasteiger partial charge in [0.15, 0.2) is 5.78 Å². The molecule has 1 atom stereocenters. The molecule has 0 bridgehead atoms. The van der Waals surface area contributed by atoms with Crippen LogP contribution in [0.5, 0.6) is 0 Å². The van der Waals surface area contributed by atoms with Crippen molar-refractivity contribution in [3.8, 4) is 0 Å². The Kier molecular flexibility index (Phi) is 6.88. The van der Waals surface area contributed by atoms with E-state index in [1.54, 1.807) is 19.2 Å². The zero-order valence-electron chi connectivity index (χ0n) is 20.2. The number of carbonyl (C=O) groups excluding carboxylic acids is 2. The van der Waals surface area contributed by atoms with Gasteiger partial charge in [-0.3, -0.25) is 19.7 Å². The summed E-state index contributed by atoms with van der Waals surface area (Å²) < 4.78 is 5.04. The van der Waals surface area contributed by atoms with Gasteiger partial charge in [0.05, 0.1) is 35.5 Å². The minimum absolute atomic E-state index is 0.00247. The van der Waals surface area contributed by atoms with E-state index in [4.69, 9.17) is 4.74 Å². The number of non-ortho nitro benzene ring substituents is 1. The zero-order chi connectivity index (χ0) is 25.2. The number of nitro groups is 1. The molecular weight excluding hydrogens is 448 g/mol. The van der Waals surface area contributed by atoms with Crippen LogP contribution in [-0.2, 0) is 14.3 Å². The zero-order valence-corrected chi connectivity index (χ0v) is 20.2. The number of allylic oxidation sites excluding steroid dienone is 1. The number of hydrogen-bond donors (Lipinski definition) is 2. The van der Waals surface area contributed by atoms with Crippen LogP contribution in [0.2, 0.25) is 0 Å². The number of amides is 1. The molecule has 9 nitrogen and oxygen atoms in total. The van der Waals surface area contributed by atoms with Crippen molar-refractivity contribution in [3.63, 3.8) is 0 Å². The van der Waals surface area contributed by atoms with Crippen molar-refractivity contribution in [2.75, 3.05) is 37.0 Å². The van der Waals surface area contributed by atoms with E-state index in [9.17, 15) is 19.7 Å². The minimum Gasteiger partial charge on any atom is -0.383 e. The summed E-state index contributed by atoms with van der Waals surface area (Å²) in [4.78, 5) is 39.3. The molecule has 2 aromatic rings. The van der Waals surface area contributed by atoms with Gasteiger partial charge in [0, 0.05) is 43.5 Å². The number of ether oxygens (including phenoxy) is 1. The third kappa shape index (κ3) is 5.19. The summed E-state index contributed by atoms with van der Waals surface area (Å²) in [6, 6.07) is 13.3. The number of ketones is 1. The van der Waals surface area contributed by atoms with Crippen LogP contribution in [0.25, 0.3) is 0 Å². The van der Waals surface area contributed by atoms with E-state index in [0.29, 0.717) is 37.1 Å². The number of anilines is 2. The molecule has 0 saturated heterocycles. The van der Waals surface area contributed by atoms with E-state index in [1.807, 2.05) is 29.2 Å². The predicted molar refractivity (Wildman–Crippen MR) is 133 cm³/mol. The fourth-order valence-corrected chi connectivity index (χ4v) is 4.86. The second-order valence-electron chi connectivity index (χ2n) is 9.70. The average Bonchev–Trinajstić information content (AvgIpc) is 2.93. The number of nitro benzene ring substituents is 1. The first-order valence-electron chi connectivity index (χ1n) is 11.6. The Morgan fingerprint density at radius 2 is 1.91 bits per heavy atom. The van der Waals surface area contributed by atoms with Crippen LogP contribution < -0.4 is 15.5 Å². The molecule has 1 unspecified atom stereocenters. The molecule has 2 N–H and O–H groups in total. The van der Waals surface area contributed by atoms with Crippen molar-refractivity contribution in [1.82, 2.24) is 5.32 Å². The van der Waals surface area contributed by atoms with E-state index in [0.717, 1.165) is 17.1 Å². The van der Waals surface area contributed by atoms with Crippen molar-refractivity contribution in [3.05, 3.63) is 75.5 Å². The first-order valence-corrected chi connectivity index (χ1v) is 11.6. The smallest absolute Gasteiger partial charge is 0.269 e. The minimum atomic E-state index is -0.585. The van der Waals surface area contributed by atoms with E-state index < -0.39 is 11.0 Å². The number of para-hydroxylation sites is 2. The molecule has 2 aromatic carbocycles. The normalized spacial score (nSPS) is 18.8. The summed E-state index contributed by atoms with van der Waals surface area (Å²) in [5, 5.41) is 17.6. The number of nitrogens with one attached hydrogen (secondary N) is 2. The molecule has 0 fully saturated rings. The molecule has 0 spiro atoms. The van der Waals surface area contributed by atoms with Crippen LogP contribution >= 0.6 is 0 Å². The SMILES string of the molecule is COCCNC(=O)CN1c2ccccc2NC2=C(C(=O)CC(C)(C)C2)C1c1ccc([N+](=O)[O-])cc1. The maximum Gasteiger partial charge on any atom is 0.269 e. The molecule has 4 rings (SSSR count). The maximum atomic E-state index is 13.6. The Bertz CT molecular complexity index is 1170. The Labute approximate surface area is 204 Å². The molecule has 1 aliphatic heterocycles. The third-order valence-corrected chi connectivity index (χ3v) is 6.37. The summed E-state index contributed by atoms with van der Waals surface area (Å²) in [5.41, 5.74) is 3.46. The van der Waals surface area contributed by atoms with E-state index in [1.165, 1.54) is 12.1 Å². The predicted octanol–water partition coefficient (Wildman–Crippen LogP) is 3.97. The molecular formula is C26H30N4O5. The molecule has 0 saturated carbocycles. The summed E-state index contributed by atoms with van der Waals surface area (Å²) in [6.45, 7) is 4.88. The fourth-order valence-electron chi connectivity index (χ4n) is 4.86. The lowest BCUT2D eigenvalue weighted by atomic mass is 9.73. The first-order chi connectivity index (χ1) is 16.7. The van der Waals surface area contributed by atoms with Gasteiger partial charge in [0.25, 0.3) is 5.69 Å². The summed E-state index contributed by atoms with van der Waals surface area (Å²) in [5.74, 6) is -0.207. The number of Topliss-reactive ketones (excluding diaryl/α,β-unsaturated/α-hetero) is 1. The standard InChI is InChI=1S/C26H30N4O5/c1-26(2)14-20-24(22(31)15-26)25(17-8-10-18(11-9-17)30(33)34)29(16-23(32)27-12-13-35-3)21-7-5-4-6-19(21)28-20/h4-11,25,28H,12-16H2,1-3H3,(H,27,32). The van der Waals surface area contributed by atoms with Gasteiger partial charge in [-0.25, -0.2) is 0 Å². The van der Waals surface area contributed by atoms with Crippen molar-refractivity contribution < 1.29 is 19.2 Å². The van der Waals surface area contributed by atoms with Crippen LogP contribution in [0.1, 0.15) is 38.3 Å². The molecule has 184 valence electrons. The summed E-state index contributed by atoms with van der Waals surface area (Å²) in [6.07, 6.45) is 1.04. The Morgan fingerprint density at radius 1 is 1.20 bits per heavy atom. The van der Waals surface area contributed by atoms with Crippen LogP contribution in [0.3, 0.4) is 0 Å². The molecule has 9 heteroatoms. The van der Waals surface area contributed by atoms with Gasteiger partial charge in [-0.05, 0) is 41.7 Å². The summed E-state index contributed by atoms with van der Waals surface area (Å²) in [7, 11) is 1.57. The lowest BCUT2D eigenvalue weighted by molar-refractivity contribution is -0.384. The second kappa shape index (κ2) is 9.87. The monoisotopic (exact) mass is 478 g/mol. The maximum absolute atomic E-state index is 13.6. The highest BCUT2D eigenvalue weighted by Gasteiger charge is 2.41. The molecule has 0 radical (unpaired) electrons. The molecule has 1 amide bonds. The van der Waals surface area contributed by atoms with E-state index in [2.05, 4.69) is 24.5 Å². The van der Waals surface area contributed by atoms with E-state index >= 15 is 0 Å². The number of rotatable bonds is 7. The number of hydrogen-bond acceptors (Lipinski definition) is 7. The molecule has 1 heterocycles. The number of nitrogens with zero attached hydrogens (tertiary/aromatic N) is 2. The number of methoxy groups -OCH3 is 1. The third-order valence-electron chi connectivity index (χ3n) is 6.37. The van der Waals surface area contributed by atoms with Gasteiger partial charge in [0.2, 0.25) is 5.91 Å². The van der Waals surface area contributed by atoms with Gasteiger partial charge >= 0.3 is 0 Å². The summed E-state index contributed by atoms with van der Waals surface area (Å²) >= 11 is 0. The molecule has 2 aliphatic rings. The van der Waals surface area contributed by atoms with Crippen molar-refractivity contribution in [1.29, 1.82) is 0 Å². The van der Waals surface area contributed by atoms with Crippen molar-refractivity contribution in [2.24, 2.45) is 5.41 Å². The van der Waals surface area contributed by atoms with Gasteiger partial charge < -0.3 is 20.3 Å². The molecule has 1 aliphatic carbocycles. The Balaban J connectivity index is 1.86. The topological polar surface area (TPSA) is 114 Å². The highest BCUT2D eigenvalue weighted by molar-refractivity contribution is 6.01. The highest BCUT2D eigenvalue weighted by Crippen LogP contribution is 2.48. The fraction of sp³-hybridized carbons (Fsp3) is 0.385. The second-order valence-corrected chi connectivity index (χ2v) is 9.70. The number of carbonyl (C=O) groups is 2. The highest BCUT2D eigenvalue weighted by atomic mass is 16.6. The van der Waals surface area contributed by atoms with Crippen molar-refractivity contribution in [2.45, 2.75) is 32.7 Å². The van der Waals surface area contributed by atoms with Crippen molar-refractivity contribution >= 4 is 28.8 Å². The lowest BCUT2D eigenvalue weighted by Gasteiger charge is -2.37. The largest absolute Gasteiger partial charge is 0.383 e.